The van der Waals surface area contributed by atoms with E-state index in [1.165, 1.54) is 0 Å². The molecule has 0 atom stereocenters. The highest BCUT2D eigenvalue weighted by Gasteiger charge is 2.08. The van der Waals surface area contributed by atoms with E-state index in [0.29, 0.717) is 13.2 Å². The van der Waals surface area contributed by atoms with Gasteiger partial charge >= 0.3 is 0 Å². The van der Waals surface area contributed by atoms with Gasteiger partial charge < -0.3 is 9.47 Å². The van der Waals surface area contributed by atoms with Crippen LogP contribution in [0.25, 0.3) is 0 Å². The van der Waals surface area contributed by atoms with Crippen LogP contribution in [0.15, 0.2) is 24.3 Å². The van der Waals surface area contributed by atoms with Gasteiger partial charge in [0.2, 0.25) is 5.90 Å². The van der Waals surface area contributed by atoms with Crippen LogP contribution >= 0.6 is 0 Å². The average molecular weight is 221 g/mol. The molecule has 1 aromatic rings. The van der Waals surface area contributed by atoms with Crippen LogP contribution in [0.4, 0.5) is 0 Å². The van der Waals surface area contributed by atoms with Crippen molar-refractivity contribution in [3.63, 3.8) is 0 Å². The van der Waals surface area contributed by atoms with Gasteiger partial charge in [-0.25, -0.2) is 0 Å². The number of nitrogens with one attached hydrogen (secondary N) is 1. The third-order valence-corrected chi connectivity index (χ3v) is 2.18. The van der Waals surface area contributed by atoms with Gasteiger partial charge in [0.1, 0.15) is 5.75 Å². The Morgan fingerprint density at radius 2 is 2.00 bits per heavy atom. The molecule has 0 saturated carbocycles. The fraction of sp³-hybridized carbons (Fsp3) is 0.462. The van der Waals surface area contributed by atoms with Crippen molar-refractivity contribution in [1.82, 2.24) is 0 Å². The largest absolute Gasteiger partial charge is 0.493 e. The third kappa shape index (κ3) is 3.57. The number of rotatable bonds is 6. The van der Waals surface area contributed by atoms with Crippen LogP contribution in [0.2, 0.25) is 0 Å². The van der Waals surface area contributed by atoms with Gasteiger partial charge in [-0.1, -0.05) is 25.5 Å². The quantitative estimate of drug-likeness (QED) is 0.455. The molecule has 0 unspecified atom stereocenters. The van der Waals surface area contributed by atoms with Gasteiger partial charge in [0, 0.05) is 0 Å². The summed E-state index contributed by atoms with van der Waals surface area (Å²) < 4.78 is 10.8. The summed E-state index contributed by atoms with van der Waals surface area (Å²) in [7, 11) is 0. The van der Waals surface area contributed by atoms with Crippen LogP contribution in [0.5, 0.6) is 5.75 Å². The summed E-state index contributed by atoms with van der Waals surface area (Å²) in [6, 6.07) is 7.51. The van der Waals surface area contributed by atoms with Crippen LogP contribution in [0.3, 0.4) is 0 Å². The number of hydrogen-bond donors (Lipinski definition) is 1. The average Bonchev–Trinajstić information content (AvgIpc) is 2.30. The molecule has 0 aliphatic heterocycles. The number of hydrogen-bond acceptors (Lipinski definition) is 3. The Morgan fingerprint density at radius 1 is 1.25 bits per heavy atom. The van der Waals surface area contributed by atoms with Crippen molar-refractivity contribution < 1.29 is 9.47 Å². The van der Waals surface area contributed by atoms with E-state index in [9.17, 15) is 0 Å². The molecule has 0 aromatic heterocycles. The van der Waals surface area contributed by atoms with Crippen LogP contribution in [-0.4, -0.2) is 19.1 Å². The Kier molecular flexibility index (Phi) is 5.40. The van der Waals surface area contributed by atoms with Gasteiger partial charge in [0.25, 0.3) is 0 Å². The minimum Gasteiger partial charge on any atom is -0.493 e. The topological polar surface area (TPSA) is 42.3 Å². The highest BCUT2D eigenvalue weighted by atomic mass is 16.5. The Bertz CT molecular complexity index is 336. The Labute approximate surface area is 96.9 Å². The highest BCUT2D eigenvalue weighted by Crippen LogP contribution is 2.19. The van der Waals surface area contributed by atoms with Gasteiger partial charge in [-0.15, -0.1) is 0 Å². The van der Waals surface area contributed by atoms with Crippen LogP contribution in [0.1, 0.15) is 32.3 Å². The molecule has 0 aliphatic rings. The Balaban J connectivity index is 2.71. The first-order valence-corrected chi connectivity index (χ1v) is 5.73. The summed E-state index contributed by atoms with van der Waals surface area (Å²) in [5, 5.41) is 7.75. The SMILES string of the molecule is CCCCOc1ccccc1C(=N)OCC. The van der Waals surface area contributed by atoms with E-state index in [0.717, 1.165) is 24.2 Å². The van der Waals surface area contributed by atoms with Gasteiger partial charge in [-0.2, -0.15) is 0 Å². The van der Waals surface area contributed by atoms with Gasteiger partial charge in [0.15, 0.2) is 0 Å². The van der Waals surface area contributed by atoms with Crippen molar-refractivity contribution in [1.29, 1.82) is 5.41 Å². The summed E-state index contributed by atoms with van der Waals surface area (Å²) in [5.41, 5.74) is 0.723. The fourth-order valence-corrected chi connectivity index (χ4v) is 1.33. The maximum atomic E-state index is 7.75. The number of para-hydroxylation sites is 1. The lowest BCUT2D eigenvalue weighted by molar-refractivity contribution is 0.300. The minimum absolute atomic E-state index is 0.176. The molecule has 0 radical (unpaired) electrons. The second kappa shape index (κ2) is 6.88. The van der Waals surface area contributed by atoms with Gasteiger partial charge in [0.05, 0.1) is 18.8 Å². The predicted molar refractivity (Wildman–Crippen MR) is 65.3 cm³/mol. The van der Waals surface area contributed by atoms with Crippen molar-refractivity contribution in [2.24, 2.45) is 0 Å². The molecule has 0 saturated heterocycles. The summed E-state index contributed by atoms with van der Waals surface area (Å²) in [6.07, 6.45) is 2.13. The molecule has 0 bridgehead atoms. The Morgan fingerprint density at radius 3 is 2.69 bits per heavy atom. The molecule has 0 heterocycles. The summed E-state index contributed by atoms with van der Waals surface area (Å²) >= 11 is 0. The van der Waals surface area contributed by atoms with Crippen LogP contribution in [-0.2, 0) is 4.74 Å². The predicted octanol–water partition coefficient (Wildman–Crippen LogP) is 3.23. The molecule has 1 rings (SSSR count). The molecule has 0 amide bonds. The zero-order valence-corrected chi connectivity index (χ0v) is 9.95. The standard InChI is InChI=1S/C13H19NO2/c1-3-5-10-16-12-9-7-6-8-11(12)13(14)15-4-2/h6-9,14H,3-5,10H2,1-2H3. The second-order valence-electron chi connectivity index (χ2n) is 3.46. The lowest BCUT2D eigenvalue weighted by Crippen LogP contribution is -2.08. The van der Waals surface area contributed by atoms with E-state index in [2.05, 4.69) is 6.92 Å². The molecule has 1 N–H and O–H groups in total. The molecule has 0 spiro atoms. The molecule has 16 heavy (non-hydrogen) atoms. The first kappa shape index (κ1) is 12.6. The normalized spacial score (nSPS) is 9.88. The summed E-state index contributed by atoms with van der Waals surface area (Å²) in [6.45, 7) is 5.18. The number of ether oxygens (including phenoxy) is 2. The molecular formula is C13H19NO2. The van der Waals surface area contributed by atoms with Crippen molar-refractivity contribution in [2.75, 3.05) is 13.2 Å². The molecule has 0 fully saturated rings. The van der Waals surface area contributed by atoms with Crippen molar-refractivity contribution >= 4 is 5.90 Å². The van der Waals surface area contributed by atoms with Crippen molar-refractivity contribution in [3.8, 4) is 5.75 Å². The minimum atomic E-state index is 0.176. The van der Waals surface area contributed by atoms with E-state index in [-0.39, 0.29) is 5.90 Å². The zero-order valence-electron chi connectivity index (χ0n) is 9.95. The second-order valence-corrected chi connectivity index (χ2v) is 3.46. The van der Waals surface area contributed by atoms with Crippen molar-refractivity contribution in [3.05, 3.63) is 29.8 Å². The Hall–Kier alpha value is -1.51. The molecule has 0 aliphatic carbocycles. The third-order valence-electron chi connectivity index (χ3n) is 2.18. The van der Waals surface area contributed by atoms with Crippen molar-refractivity contribution in [2.45, 2.75) is 26.7 Å². The first-order valence-electron chi connectivity index (χ1n) is 5.73. The molecular weight excluding hydrogens is 202 g/mol. The number of unbranched alkanes of at least 4 members (excludes halogenated alkanes) is 1. The first-order chi connectivity index (χ1) is 7.79. The molecule has 3 nitrogen and oxygen atoms in total. The zero-order chi connectivity index (χ0) is 11.8. The summed E-state index contributed by atoms with van der Waals surface area (Å²) in [4.78, 5) is 0. The van der Waals surface area contributed by atoms with E-state index in [1.54, 1.807) is 0 Å². The van der Waals surface area contributed by atoms with Crippen LogP contribution < -0.4 is 4.74 Å². The van der Waals surface area contributed by atoms with Crippen LogP contribution in [0, 0.1) is 5.41 Å². The lowest BCUT2D eigenvalue weighted by atomic mass is 10.2. The van der Waals surface area contributed by atoms with E-state index in [4.69, 9.17) is 14.9 Å². The monoisotopic (exact) mass is 221 g/mol. The van der Waals surface area contributed by atoms with Gasteiger partial charge in [-0.3, -0.25) is 5.41 Å². The molecule has 3 heteroatoms. The molecule has 1 aromatic carbocycles. The van der Waals surface area contributed by atoms with E-state index < -0.39 is 0 Å². The van der Waals surface area contributed by atoms with E-state index in [1.807, 2.05) is 31.2 Å². The highest BCUT2D eigenvalue weighted by molar-refractivity contribution is 5.94. The smallest absolute Gasteiger partial charge is 0.217 e. The summed E-state index contributed by atoms with van der Waals surface area (Å²) in [5.74, 6) is 0.906. The van der Waals surface area contributed by atoms with E-state index >= 15 is 0 Å². The maximum absolute atomic E-state index is 7.75. The maximum Gasteiger partial charge on any atom is 0.217 e. The molecule has 88 valence electrons. The fourth-order valence-electron chi connectivity index (χ4n) is 1.33. The number of benzene rings is 1. The van der Waals surface area contributed by atoms with Gasteiger partial charge in [-0.05, 0) is 25.5 Å². The lowest BCUT2D eigenvalue weighted by Gasteiger charge is -2.11.